The molecule has 4 N–H and O–H groups in total. The fourth-order valence-electron chi connectivity index (χ4n) is 11.9. The van der Waals surface area contributed by atoms with E-state index in [0.717, 1.165) is 101 Å². The predicted octanol–water partition coefficient (Wildman–Crippen LogP) is 7.30. The van der Waals surface area contributed by atoms with Crippen LogP contribution in [-0.4, -0.2) is 101 Å². The minimum Gasteiger partial charge on any atom is -0.507 e. The highest BCUT2D eigenvalue weighted by atomic mass is 19.1. The first kappa shape index (κ1) is 39.9. The monoisotopic (exact) mass is 856 g/mol. The van der Waals surface area contributed by atoms with Gasteiger partial charge in [0.2, 0.25) is 5.91 Å². The van der Waals surface area contributed by atoms with E-state index in [9.17, 15) is 14.7 Å². The maximum atomic E-state index is 15.7. The van der Waals surface area contributed by atoms with Gasteiger partial charge in [0, 0.05) is 86.6 Å². The molecule has 0 radical (unpaired) electrons. The highest BCUT2D eigenvalue weighted by molar-refractivity contribution is 6.06. The lowest BCUT2D eigenvalue weighted by Gasteiger charge is -2.53. The van der Waals surface area contributed by atoms with E-state index in [1.807, 2.05) is 42.6 Å². The Morgan fingerprint density at radius 3 is 2.30 bits per heavy atom. The van der Waals surface area contributed by atoms with Crippen LogP contribution in [0.4, 0.5) is 42.1 Å². The van der Waals surface area contributed by atoms with Crippen LogP contribution >= 0.6 is 0 Å². The molecule has 3 aromatic carbocycles. The average Bonchev–Trinajstić information content (AvgIpc) is 3.82. The number of anilines is 5. The van der Waals surface area contributed by atoms with Crippen molar-refractivity contribution >= 4 is 51.4 Å². The van der Waals surface area contributed by atoms with Crippen LogP contribution < -0.4 is 30.7 Å². The van der Waals surface area contributed by atoms with Gasteiger partial charge in [-0.15, -0.1) is 10.2 Å². The van der Waals surface area contributed by atoms with Crippen molar-refractivity contribution in [3.63, 3.8) is 0 Å². The van der Waals surface area contributed by atoms with E-state index in [2.05, 4.69) is 45.7 Å². The molecule has 13 nitrogen and oxygen atoms in total. The second-order valence-corrected chi connectivity index (χ2v) is 19.0. The summed E-state index contributed by atoms with van der Waals surface area (Å²) >= 11 is 0. The van der Waals surface area contributed by atoms with E-state index >= 15 is 8.78 Å². The van der Waals surface area contributed by atoms with Crippen molar-refractivity contribution in [2.45, 2.75) is 75.9 Å². The number of amides is 3. The number of nitrogens with one attached hydrogen (secondary N) is 1. The summed E-state index contributed by atoms with van der Waals surface area (Å²) in [6.45, 7) is 6.65. The lowest BCUT2D eigenvalue weighted by atomic mass is 9.60. The molecule has 3 amide bonds. The average molecular weight is 857 g/mol. The summed E-state index contributed by atoms with van der Waals surface area (Å²) in [5, 5.41) is 21.8. The number of piperidine rings is 2. The second-order valence-electron chi connectivity index (χ2n) is 19.0. The summed E-state index contributed by atoms with van der Waals surface area (Å²) < 4.78 is 33.5. The number of phenols is 1. The SMILES string of the molecule is Nc1nnc(-c2ccccc2O)cc1N1CC2CCC(C1)N2c1ccc(F)c(N2CCC(CN3CCC4(CC3)CC(n3ccc5c(F)c(N6CCC(=O)NC6=O)ccc53)C4)CC2)c1. The Hall–Kier alpha value is -5.96. The molecule has 2 aromatic heterocycles. The highest BCUT2D eigenvalue weighted by Gasteiger charge is 2.47. The van der Waals surface area contributed by atoms with Gasteiger partial charge in [0.05, 0.1) is 28.3 Å². The molecule has 63 heavy (non-hydrogen) atoms. The smallest absolute Gasteiger partial charge is 0.328 e. The second kappa shape index (κ2) is 15.7. The van der Waals surface area contributed by atoms with E-state index in [4.69, 9.17) is 5.73 Å². The Morgan fingerprint density at radius 2 is 1.56 bits per heavy atom. The van der Waals surface area contributed by atoms with Crippen LogP contribution in [0.25, 0.3) is 22.2 Å². The van der Waals surface area contributed by atoms with Crippen molar-refractivity contribution in [3.05, 3.63) is 84.6 Å². The van der Waals surface area contributed by atoms with Crippen molar-refractivity contribution in [3.8, 4) is 17.0 Å². The molecule has 328 valence electrons. The van der Waals surface area contributed by atoms with Crippen LogP contribution in [0.2, 0.25) is 0 Å². The number of hydrogen-bond acceptors (Lipinski definition) is 10. The Balaban J connectivity index is 0.674. The van der Waals surface area contributed by atoms with Gasteiger partial charge in [-0.3, -0.25) is 15.0 Å². The molecule has 7 heterocycles. The third-order valence-corrected chi connectivity index (χ3v) is 15.3. The predicted molar refractivity (Wildman–Crippen MR) is 240 cm³/mol. The van der Waals surface area contributed by atoms with E-state index in [1.54, 1.807) is 24.3 Å². The topological polar surface area (TPSA) is 139 Å². The highest BCUT2D eigenvalue weighted by Crippen LogP contribution is 2.55. The lowest BCUT2D eigenvalue weighted by molar-refractivity contribution is -0.120. The maximum absolute atomic E-state index is 15.7. The molecule has 2 bridgehead atoms. The largest absolute Gasteiger partial charge is 0.507 e. The first-order valence-electron chi connectivity index (χ1n) is 22.7. The van der Waals surface area contributed by atoms with Crippen LogP contribution in [0.5, 0.6) is 5.75 Å². The van der Waals surface area contributed by atoms with Gasteiger partial charge in [0.25, 0.3) is 0 Å². The molecular weight excluding hydrogens is 803 g/mol. The molecule has 11 rings (SSSR count). The van der Waals surface area contributed by atoms with Crippen molar-refractivity contribution in [1.29, 1.82) is 0 Å². The summed E-state index contributed by atoms with van der Waals surface area (Å²) in [6.07, 6.45) is 10.8. The van der Waals surface area contributed by atoms with Crippen LogP contribution in [-0.2, 0) is 4.79 Å². The molecule has 6 fully saturated rings. The van der Waals surface area contributed by atoms with Gasteiger partial charge >= 0.3 is 6.03 Å². The zero-order valence-electron chi connectivity index (χ0n) is 35.4. The zero-order chi connectivity index (χ0) is 43.0. The van der Waals surface area contributed by atoms with E-state index in [-0.39, 0.29) is 48.2 Å². The van der Waals surface area contributed by atoms with Gasteiger partial charge in [-0.05, 0) is 130 Å². The van der Waals surface area contributed by atoms with Gasteiger partial charge in [-0.2, -0.15) is 0 Å². The van der Waals surface area contributed by atoms with Gasteiger partial charge in [-0.25, -0.2) is 13.6 Å². The third-order valence-electron chi connectivity index (χ3n) is 15.3. The standard InChI is InChI=1S/C48H54F2N10O3/c49-37-8-7-31(60-32-5-6-33(60)29-57(28-32)42-24-38(53-54-46(42)51)35-3-1-2-4-43(35)61)23-41(37)56-17-11-30(12-18-56)27-55-21-15-48(16-22-55)25-34(26-48)58-19-13-36-39(58)9-10-40(45(36)50)59-20-14-44(62)52-47(59)63/h1-4,7-10,13,19,23-24,30,32-34,61H,5-6,11-12,14-18,20-22,25-29H2,(H2,51,54)(H,52,62,63). The molecule has 15 heteroatoms. The summed E-state index contributed by atoms with van der Waals surface area (Å²) in [5.41, 5.74) is 11.6. The number of carbonyl (C=O) groups is 2. The van der Waals surface area contributed by atoms with E-state index in [1.165, 1.54) is 17.7 Å². The fraction of sp³-hybridized carbons (Fsp3) is 0.458. The fourth-order valence-corrected chi connectivity index (χ4v) is 11.9. The molecule has 1 spiro atoms. The molecule has 1 saturated carbocycles. The molecule has 1 aliphatic carbocycles. The van der Waals surface area contributed by atoms with Crippen molar-refractivity contribution in [2.75, 3.05) is 77.7 Å². The molecular formula is C48H54F2N10O3. The van der Waals surface area contributed by atoms with Crippen LogP contribution in [0, 0.1) is 23.0 Å². The number of phenolic OH excluding ortho intramolecular Hbond substituents is 1. The summed E-state index contributed by atoms with van der Waals surface area (Å²) in [7, 11) is 0. The molecule has 5 saturated heterocycles. The number of aromatic nitrogens is 3. The van der Waals surface area contributed by atoms with Crippen LogP contribution in [0.1, 0.15) is 63.8 Å². The van der Waals surface area contributed by atoms with Gasteiger partial charge in [-0.1, -0.05) is 12.1 Å². The number of benzene rings is 3. The number of piperazine rings is 1. The Labute approximate surface area is 365 Å². The first-order chi connectivity index (χ1) is 30.6. The number of para-hydroxylation sites is 1. The number of imide groups is 1. The summed E-state index contributed by atoms with van der Waals surface area (Å²) in [5.74, 6) is 0.188. The Kier molecular flexibility index (Phi) is 9.92. The number of aromatic hydroxyl groups is 1. The normalized spacial score (nSPS) is 23.2. The lowest BCUT2D eigenvalue weighted by Crippen LogP contribution is -2.54. The first-order valence-corrected chi connectivity index (χ1v) is 22.7. The van der Waals surface area contributed by atoms with E-state index < -0.39 is 11.8 Å². The number of nitrogens with zero attached hydrogens (tertiary/aromatic N) is 8. The minimum atomic E-state index is -0.581. The number of urea groups is 1. The molecule has 5 aromatic rings. The van der Waals surface area contributed by atoms with Gasteiger partial charge in [0.1, 0.15) is 11.6 Å². The van der Waals surface area contributed by atoms with Crippen molar-refractivity contribution in [1.82, 2.24) is 25.0 Å². The van der Waals surface area contributed by atoms with Gasteiger partial charge < -0.3 is 35.0 Å². The number of fused-ring (bicyclic) bond motifs is 3. The quantitative estimate of drug-likeness (QED) is 0.146. The number of carbonyl (C=O) groups excluding carboxylic acids is 2. The Bertz CT molecular complexity index is 2560. The number of halogens is 2. The maximum Gasteiger partial charge on any atom is 0.328 e. The number of rotatable bonds is 8. The van der Waals surface area contributed by atoms with E-state index in [0.29, 0.717) is 45.5 Å². The molecule has 6 aliphatic rings. The summed E-state index contributed by atoms with van der Waals surface area (Å²) in [4.78, 5) is 35.0. The number of hydrogen-bond donors (Lipinski definition) is 3. The van der Waals surface area contributed by atoms with Gasteiger partial charge in [0.15, 0.2) is 11.6 Å². The number of nitrogens with two attached hydrogens (primary N) is 1. The van der Waals surface area contributed by atoms with Crippen LogP contribution in [0.15, 0.2) is 72.9 Å². The number of likely N-dealkylation sites (tertiary alicyclic amines) is 1. The third kappa shape index (κ3) is 7.17. The molecule has 2 atom stereocenters. The number of nitrogen functional groups attached to an aromatic ring is 1. The van der Waals surface area contributed by atoms with Crippen molar-refractivity contribution < 1.29 is 23.5 Å². The molecule has 2 unspecified atom stereocenters. The zero-order valence-corrected chi connectivity index (χ0v) is 35.4. The summed E-state index contributed by atoms with van der Waals surface area (Å²) in [6, 6.07) is 20.4. The van der Waals surface area contributed by atoms with Crippen molar-refractivity contribution in [2.24, 2.45) is 11.3 Å². The Morgan fingerprint density at radius 1 is 0.794 bits per heavy atom. The molecule has 5 aliphatic heterocycles. The van der Waals surface area contributed by atoms with Crippen LogP contribution in [0.3, 0.4) is 0 Å². The minimum absolute atomic E-state index is 0.152.